The first-order valence-corrected chi connectivity index (χ1v) is 7.72. The molecule has 0 aliphatic carbocycles. The third-order valence-electron chi connectivity index (χ3n) is 4.17. The van der Waals surface area contributed by atoms with Crippen molar-refractivity contribution in [1.29, 1.82) is 0 Å². The molecule has 3 rings (SSSR count). The van der Waals surface area contributed by atoms with Crippen LogP contribution >= 0.6 is 0 Å². The predicted octanol–water partition coefficient (Wildman–Crippen LogP) is 5.03. The fraction of sp³-hybridized carbons (Fsp3) is 0.200. The molecule has 3 nitrogen and oxygen atoms in total. The summed E-state index contributed by atoms with van der Waals surface area (Å²) in [7, 11) is 0. The summed E-state index contributed by atoms with van der Waals surface area (Å²) in [5.74, 6) is -0.632. The normalized spacial score (nSPS) is 11.1. The van der Waals surface area contributed by atoms with Gasteiger partial charge in [0.25, 0.3) is 0 Å². The lowest BCUT2D eigenvalue weighted by Crippen LogP contribution is -2.06. The molecule has 116 valence electrons. The molecule has 3 heteroatoms. The molecule has 0 fully saturated rings. The van der Waals surface area contributed by atoms with Crippen LogP contribution in [0.2, 0.25) is 0 Å². The Labute approximate surface area is 135 Å². The fourth-order valence-electron chi connectivity index (χ4n) is 3.02. The van der Waals surface area contributed by atoms with Gasteiger partial charge < -0.3 is 5.11 Å². The van der Waals surface area contributed by atoms with Crippen LogP contribution in [0.15, 0.2) is 48.5 Å². The van der Waals surface area contributed by atoms with Crippen LogP contribution in [-0.2, 0) is 0 Å². The molecule has 0 radical (unpaired) electrons. The second kappa shape index (κ2) is 5.84. The Balaban J connectivity index is 2.45. The Kier molecular flexibility index (Phi) is 3.87. The molecule has 0 aliphatic heterocycles. The molecule has 3 aromatic rings. The van der Waals surface area contributed by atoms with Crippen LogP contribution in [0.3, 0.4) is 0 Å². The molecule has 0 bridgehead atoms. The number of aromatic carboxylic acids is 1. The van der Waals surface area contributed by atoms with E-state index >= 15 is 0 Å². The van der Waals surface area contributed by atoms with Gasteiger partial charge in [-0.1, -0.05) is 62.4 Å². The largest absolute Gasteiger partial charge is 0.478 e. The highest BCUT2D eigenvalue weighted by molar-refractivity contribution is 6.06. The molecule has 0 aliphatic rings. The van der Waals surface area contributed by atoms with Crippen molar-refractivity contribution in [2.45, 2.75) is 26.7 Å². The quantitative estimate of drug-likeness (QED) is 0.738. The number of rotatable bonds is 3. The lowest BCUT2D eigenvalue weighted by molar-refractivity contribution is 0.0698. The number of aromatic nitrogens is 1. The number of carboxylic acids is 1. The zero-order chi connectivity index (χ0) is 16.6. The number of carboxylic acid groups (broad SMARTS) is 1. The first kappa shape index (κ1) is 15.2. The molecule has 0 spiro atoms. The SMILES string of the molecule is Cc1c(-c2ccccc2)nc2c(C(C)C)cccc2c1C(=O)O. The van der Waals surface area contributed by atoms with E-state index < -0.39 is 5.97 Å². The maximum Gasteiger partial charge on any atom is 0.336 e. The highest BCUT2D eigenvalue weighted by atomic mass is 16.4. The van der Waals surface area contributed by atoms with Crippen molar-refractivity contribution in [3.05, 3.63) is 65.2 Å². The maximum absolute atomic E-state index is 11.9. The van der Waals surface area contributed by atoms with Crippen molar-refractivity contribution in [2.24, 2.45) is 0 Å². The number of hydrogen-bond acceptors (Lipinski definition) is 2. The van der Waals surface area contributed by atoms with Crippen LogP contribution in [0.1, 0.15) is 41.3 Å². The first-order chi connectivity index (χ1) is 11.0. The summed E-state index contributed by atoms with van der Waals surface area (Å²) in [6, 6.07) is 15.5. The average Bonchev–Trinajstić information content (AvgIpc) is 2.53. The molecule has 1 aromatic heterocycles. The number of carbonyl (C=O) groups is 1. The smallest absolute Gasteiger partial charge is 0.336 e. The van der Waals surface area contributed by atoms with Crippen molar-refractivity contribution in [2.75, 3.05) is 0 Å². The maximum atomic E-state index is 11.9. The van der Waals surface area contributed by atoms with E-state index in [4.69, 9.17) is 4.98 Å². The van der Waals surface area contributed by atoms with Crippen molar-refractivity contribution >= 4 is 16.9 Å². The van der Waals surface area contributed by atoms with Crippen LogP contribution in [0.5, 0.6) is 0 Å². The summed E-state index contributed by atoms with van der Waals surface area (Å²) in [4.78, 5) is 16.7. The van der Waals surface area contributed by atoms with E-state index in [1.54, 1.807) is 0 Å². The molecule has 1 N–H and O–H groups in total. The third kappa shape index (κ3) is 2.59. The standard InChI is InChI=1S/C20H19NO2/c1-12(2)15-10-7-11-16-17(20(22)23)13(3)18(21-19(15)16)14-8-5-4-6-9-14/h4-12H,1-3H3,(H,22,23). The van der Waals surface area contributed by atoms with Crippen LogP contribution in [0.25, 0.3) is 22.2 Å². The molecule has 0 unspecified atom stereocenters. The summed E-state index contributed by atoms with van der Waals surface area (Å²) in [6.45, 7) is 6.03. The molecule has 2 aromatic carbocycles. The van der Waals surface area contributed by atoms with E-state index in [2.05, 4.69) is 13.8 Å². The van der Waals surface area contributed by atoms with E-state index in [1.165, 1.54) is 0 Å². The van der Waals surface area contributed by atoms with E-state index in [0.717, 1.165) is 22.3 Å². The van der Waals surface area contributed by atoms with Crippen LogP contribution in [-0.4, -0.2) is 16.1 Å². The number of para-hydroxylation sites is 1. The Hall–Kier alpha value is -2.68. The van der Waals surface area contributed by atoms with Gasteiger partial charge in [-0.05, 0) is 24.0 Å². The van der Waals surface area contributed by atoms with Gasteiger partial charge in [-0.25, -0.2) is 9.78 Å². The number of pyridine rings is 1. The van der Waals surface area contributed by atoms with Gasteiger partial charge in [0, 0.05) is 10.9 Å². The number of benzene rings is 2. The van der Waals surface area contributed by atoms with E-state index in [0.29, 0.717) is 16.5 Å². The van der Waals surface area contributed by atoms with Gasteiger partial charge in [-0.3, -0.25) is 0 Å². The van der Waals surface area contributed by atoms with Crippen molar-refractivity contribution in [3.8, 4) is 11.3 Å². The molecule has 0 saturated carbocycles. The van der Waals surface area contributed by atoms with Crippen molar-refractivity contribution in [1.82, 2.24) is 4.98 Å². The minimum atomic E-state index is -0.909. The molecule has 1 heterocycles. The van der Waals surface area contributed by atoms with E-state index in [1.807, 2.05) is 55.5 Å². The van der Waals surface area contributed by atoms with Crippen LogP contribution in [0, 0.1) is 6.92 Å². The molecule has 23 heavy (non-hydrogen) atoms. The van der Waals surface area contributed by atoms with Gasteiger partial charge in [0.1, 0.15) is 0 Å². The summed E-state index contributed by atoms with van der Waals surface area (Å²) in [6.07, 6.45) is 0. The topological polar surface area (TPSA) is 50.2 Å². The van der Waals surface area contributed by atoms with Gasteiger partial charge >= 0.3 is 5.97 Å². The van der Waals surface area contributed by atoms with Gasteiger partial charge in [0.2, 0.25) is 0 Å². The molecular formula is C20H19NO2. The number of fused-ring (bicyclic) bond motifs is 1. The Morgan fingerprint density at radius 1 is 1.04 bits per heavy atom. The number of nitrogens with zero attached hydrogens (tertiary/aromatic N) is 1. The summed E-state index contributed by atoms with van der Waals surface area (Å²) < 4.78 is 0. The molecule has 0 amide bonds. The Morgan fingerprint density at radius 2 is 1.74 bits per heavy atom. The van der Waals surface area contributed by atoms with Gasteiger partial charge in [-0.15, -0.1) is 0 Å². The Morgan fingerprint density at radius 3 is 2.35 bits per heavy atom. The summed E-state index contributed by atoms with van der Waals surface area (Å²) in [5, 5.41) is 10.4. The zero-order valence-electron chi connectivity index (χ0n) is 13.5. The summed E-state index contributed by atoms with van der Waals surface area (Å²) in [5.41, 5.74) is 4.58. The van der Waals surface area contributed by atoms with Crippen molar-refractivity contribution < 1.29 is 9.90 Å². The lowest BCUT2D eigenvalue weighted by Gasteiger charge is -2.16. The van der Waals surface area contributed by atoms with Crippen molar-refractivity contribution in [3.63, 3.8) is 0 Å². The second-order valence-electron chi connectivity index (χ2n) is 6.03. The molecular weight excluding hydrogens is 286 g/mol. The van der Waals surface area contributed by atoms with Gasteiger partial charge in [0.15, 0.2) is 0 Å². The van der Waals surface area contributed by atoms with Gasteiger partial charge in [-0.2, -0.15) is 0 Å². The van der Waals surface area contributed by atoms with E-state index in [-0.39, 0.29) is 5.92 Å². The summed E-state index contributed by atoms with van der Waals surface area (Å²) >= 11 is 0. The highest BCUT2D eigenvalue weighted by Gasteiger charge is 2.20. The lowest BCUT2D eigenvalue weighted by atomic mass is 9.93. The number of hydrogen-bond donors (Lipinski definition) is 1. The Bertz CT molecular complexity index is 883. The van der Waals surface area contributed by atoms with Crippen LogP contribution in [0.4, 0.5) is 0 Å². The van der Waals surface area contributed by atoms with E-state index in [9.17, 15) is 9.90 Å². The van der Waals surface area contributed by atoms with Gasteiger partial charge in [0.05, 0.1) is 16.8 Å². The minimum absolute atomic E-state index is 0.277. The first-order valence-electron chi connectivity index (χ1n) is 7.72. The monoisotopic (exact) mass is 305 g/mol. The minimum Gasteiger partial charge on any atom is -0.478 e. The molecule has 0 atom stereocenters. The predicted molar refractivity (Wildman–Crippen MR) is 93.0 cm³/mol. The fourth-order valence-corrected chi connectivity index (χ4v) is 3.02. The third-order valence-corrected chi connectivity index (χ3v) is 4.17. The zero-order valence-corrected chi connectivity index (χ0v) is 13.5. The highest BCUT2D eigenvalue weighted by Crippen LogP contribution is 2.33. The van der Waals surface area contributed by atoms with Crippen LogP contribution < -0.4 is 0 Å². The average molecular weight is 305 g/mol. The second-order valence-corrected chi connectivity index (χ2v) is 6.03. The molecule has 0 saturated heterocycles.